The van der Waals surface area contributed by atoms with E-state index in [2.05, 4.69) is 36.5 Å². The Morgan fingerprint density at radius 3 is 1.60 bits per heavy atom. The fourth-order valence-electron chi connectivity index (χ4n) is 4.98. The lowest BCUT2D eigenvalue weighted by molar-refractivity contribution is -0.0113. The molecule has 0 saturated carbocycles. The van der Waals surface area contributed by atoms with Crippen LogP contribution < -0.4 is 5.32 Å². The van der Waals surface area contributed by atoms with E-state index in [-0.39, 0.29) is 5.92 Å². The smallest absolute Gasteiger partial charge is 0.407 e. The zero-order chi connectivity index (χ0) is 29.5. The number of fused-ring (bicyclic) bond motifs is 3. The van der Waals surface area contributed by atoms with Gasteiger partial charge in [-0.15, -0.1) is 0 Å². The third kappa shape index (κ3) is 13.2. The van der Waals surface area contributed by atoms with Crippen molar-refractivity contribution in [2.24, 2.45) is 0 Å². The summed E-state index contributed by atoms with van der Waals surface area (Å²) < 4.78 is 33.3. The molecule has 0 fully saturated rings. The Balaban J connectivity index is 1.05. The molecular weight excluding hydrogens is 534 g/mol. The van der Waals surface area contributed by atoms with Crippen LogP contribution >= 0.6 is 0 Å². The lowest BCUT2D eigenvalue weighted by Crippen LogP contribution is -2.27. The Kier molecular flexibility index (Phi) is 17.9. The Morgan fingerprint density at radius 1 is 0.595 bits per heavy atom. The molecule has 3 rings (SSSR count). The molecule has 8 heteroatoms. The van der Waals surface area contributed by atoms with E-state index in [9.17, 15) is 4.79 Å². The number of ether oxygens (including phenoxy) is 6. The molecule has 2 aromatic rings. The van der Waals surface area contributed by atoms with Crippen LogP contribution in [0.25, 0.3) is 11.1 Å². The van der Waals surface area contributed by atoms with Gasteiger partial charge in [-0.2, -0.15) is 0 Å². The zero-order valence-corrected chi connectivity index (χ0v) is 25.5. The van der Waals surface area contributed by atoms with Gasteiger partial charge >= 0.3 is 6.09 Å². The molecule has 0 radical (unpaired) electrons. The molecule has 0 unspecified atom stereocenters. The number of alkyl carbamates (subject to hydrolysis) is 1. The number of hydrogen-bond donors (Lipinski definition) is 1. The van der Waals surface area contributed by atoms with Gasteiger partial charge in [0.25, 0.3) is 0 Å². The first-order chi connectivity index (χ1) is 20.8. The van der Waals surface area contributed by atoms with Crippen molar-refractivity contribution < 1.29 is 33.2 Å². The van der Waals surface area contributed by atoms with Crippen LogP contribution in [0.3, 0.4) is 0 Å². The fraction of sp³-hybridized carbons (Fsp3) is 0.618. The maximum atomic E-state index is 12.2. The first kappa shape index (κ1) is 34.0. The highest BCUT2D eigenvalue weighted by atomic mass is 16.6. The standard InChI is InChI=1S/C34H51NO7/c1-2-3-4-5-6-11-18-37-20-22-39-24-26-41-27-25-40-23-21-38-19-12-17-35-34(36)42-28-33-31-15-9-7-13-29(31)30-14-8-10-16-32(30)33/h7-10,13-16,33H,2-6,11-12,17-28H2,1H3,(H,35,36). The molecule has 1 N–H and O–H groups in total. The van der Waals surface area contributed by atoms with Crippen LogP contribution in [-0.2, 0) is 28.4 Å². The van der Waals surface area contributed by atoms with Crippen molar-refractivity contribution in [3.8, 4) is 11.1 Å². The molecular formula is C34H51NO7. The van der Waals surface area contributed by atoms with Gasteiger partial charge in [-0.05, 0) is 35.1 Å². The minimum absolute atomic E-state index is 0.0645. The number of benzene rings is 2. The van der Waals surface area contributed by atoms with Gasteiger partial charge in [0.15, 0.2) is 0 Å². The van der Waals surface area contributed by atoms with Gasteiger partial charge < -0.3 is 33.7 Å². The highest BCUT2D eigenvalue weighted by molar-refractivity contribution is 5.79. The minimum Gasteiger partial charge on any atom is -0.449 e. The van der Waals surface area contributed by atoms with Gasteiger partial charge in [0.05, 0.1) is 52.9 Å². The topological polar surface area (TPSA) is 84.5 Å². The van der Waals surface area contributed by atoms with E-state index < -0.39 is 6.09 Å². The van der Waals surface area contributed by atoms with Crippen molar-refractivity contribution in [3.05, 3.63) is 59.7 Å². The molecule has 1 amide bonds. The Bertz CT molecular complexity index is 940. The van der Waals surface area contributed by atoms with Crippen molar-refractivity contribution in [1.29, 1.82) is 0 Å². The molecule has 2 aromatic carbocycles. The number of amides is 1. The molecule has 1 aliphatic carbocycles. The van der Waals surface area contributed by atoms with Gasteiger partial charge in [0, 0.05) is 25.7 Å². The first-order valence-corrected chi connectivity index (χ1v) is 15.8. The third-order valence-corrected chi connectivity index (χ3v) is 7.21. The molecule has 0 aliphatic heterocycles. The second-order valence-electron chi connectivity index (χ2n) is 10.4. The summed E-state index contributed by atoms with van der Waals surface area (Å²) in [6.07, 6.45) is 7.98. The molecule has 0 aromatic heterocycles. The third-order valence-electron chi connectivity index (χ3n) is 7.21. The molecule has 42 heavy (non-hydrogen) atoms. The van der Waals surface area contributed by atoms with Gasteiger partial charge in [-0.3, -0.25) is 0 Å². The number of unbranched alkanes of at least 4 members (excludes halogenated alkanes) is 5. The maximum absolute atomic E-state index is 12.2. The summed E-state index contributed by atoms with van der Waals surface area (Å²) in [6, 6.07) is 16.6. The van der Waals surface area contributed by atoms with E-state index in [0.717, 1.165) is 13.0 Å². The molecule has 234 valence electrons. The number of carbonyl (C=O) groups is 1. The quantitative estimate of drug-likeness (QED) is 0.136. The summed E-state index contributed by atoms with van der Waals surface area (Å²) in [6.45, 7) is 8.85. The number of hydrogen-bond acceptors (Lipinski definition) is 7. The largest absolute Gasteiger partial charge is 0.449 e. The SMILES string of the molecule is CCCCCCCCOCCOCCOCCOCCOCCCNC(=O)OCC1c2ccccc2-c2ccccc21. The highest BCUT2D eigenvalue weighted by Crippen LogP contribution is 2.44. The second-order valence-corrected chi connectivity index (χ2v) is 10.4. The number of carbonyl (C=O) groups excluding carboxylic acids is 1. The summed E-state index contributed by atoms with van der Waals surface area (Å²) in [4.78, 5) is 12.2. The van der Waals surface area contributed by atoms with Crippen LogP contribution in [0.15, 0.2) is 48.5 Å². The van der Waals surface area contributed by atoms with Crippen molar-refractivity contribution in [2.75, 3.05) is 79.2 Å². The number of nitrogens with one attached hydrogen (secondary N) is 1. The molecule has 0 atom stereocenters. The average Bonchev–Trinajstić information content (AvgIpc) is 3.34. The van der Waals surface area contributed by atoms with E-state index in [1.54, 1.807) is 0 Å². The van der Waals surface area contributed by atoms with Crippen LogP contribution in [0.4, 0.5) is 4.79 Å². The predicted molar refractivity (Wildman–Crippen MR) is 165 cm³/mol. The number of rotatable bonds is 25. The molecule has 8 nitrogen and oxygen atoms in total. The van der Waals surface area contributed by atoms with Crippen LogP contribution in [0.5, 0.6) is 0 Å². The lowest BCUT2D eigenvalue weighted by Gasteiger charge is -2.14. The van der Waals surface area contributed by atoms with Crippen LogP contribution in [0.1, 0.15) is 68.9 Å². The summed E-state index contributed by atoms with van der Waals surface area (Å²) in [5, 5.41) is 2.81. The Labute approximate surface area is 252 Å². The van der Waals surface area contributed by atoms with Gasteiger partial charge in [0.2, 0.25) is 0 Å². The van der Waals surface area contributed by atoms with Crippen molar-refractivity contribution in [2.45, 2.75) is 57.8 Å². The molecule has 0 saturated heterocycles. The summed E-state index contributed by atoms with van der Waals surface area (Å²) >= 11 is 0. The van der Waals surface area contributed by atoms with E-state index in [1.807, 2.05) is 24.3 Å². The van der Waals surface area contributed by atoms with Crippen LogP contribution in [-0.4, -0.2) is 85.3 Å². The van der Waals surface area contributed by atoms with Gasteiger partial charge in [-0.25, -0.2) is 4.79 Å². The van der Waals surface area contributed by atoms with E-state index in [4.69, 9.17) is 28.4 Å². The Hall–Kier alpha value is -2.49. The molecule has 0 heterocycles. The first-order valence-electron chi connectivity index (χ1n) is 15.8. The van der Waals surface area contributed by atoms with Crippen LogP contribution in [0.2, 0.25) is 0 Å². The molecule has 0 bridgehead atoms. The van der Waals surface area contributed by atoms with E-state index in [0.29, 0.717) is 79.0 Å². The summed E-state index contributed by atoms with van der Waals surface area (Å²) in [7, 11) is 0. The summed E-state index contributed by atoms with van der Waals surface area (Å²) in [5.41, 5.74) is 4.85. The fourth-order valence-corrected chi connectivity index (χ4v) is 4.98. The second kappa shape index (κ2) is 22.1. The maximum Gasteiger partial charge on any atom is 0.407 e. The van der Waals surface area contributed by atoms with Crippen molar-refractivity contribution >= 4 is 6.09 Å². The average molecular weight is 586 g/mol. The van der Waals surface area contributed by atoms with Crippen molar-refractivity contribution in [3.63, 3.8) is 0 Å². The normalized spacial score (nSPS) is 12.3. The van der Waals surface area contributed by atoms with E-state index in [1.165, 1.54) is 54.4 Å². The van der Waals surface area contributed by atoms with E-state index >= 15 is 0 Å². The monoisotopic (exact) mass is 585 g/mol. The minimum atomic E-state index is -0.401. The van der Waals surface area contributed by atoms with Crippen LogP contribution in [0, 0.1) is 0 Å². The van der Waals surface area contributed by atoms with Gasteiger partial charge in [0.1, 0.15) is 6.61 Å². The van der Waals surface area contributed by atoms with Crippen molar-refractivity contribution in [1.82, 2.24) is 5.32 Å². The molecule has 0 spiro atoms. The molecule has 1 aliphatic rings. The lowest BCUT2D eigenvalue weighted by atomic mass is 9.98. The predicted octanol–water partition coefficient (Wildman–Crippen LogP) is 6.36. The summed E-state index contributed by atoms with van der Waals surface area (Å²) in [5.74, 6) is 0.0645. The van der Waals surface area contributed by atoms with Gasteiger partial charge in [-0.1, -0.05) is 87.6 Å². The highest BCUT2D eigenvalue weighted by Gasteiger charge is 2.28. The Morgan fingerprint density at radius 2 is 1.05 bits per heavy atom. The zero-order valence-electron chi connectivity index (χ0n) is 25.5.